The Morgan fingerprint density at radius 3 is 2.86 bits per heavy atom. The Morgan fingerprint density at radius 2 is 2.19 bits per heavy atom. The molecule has 7 heteroatoms. The molecular weight excluding hydrogens is 297 g/mol. The number of ether oxygens (including phenoxy) is 1. The lowest BCUT2D eigenvalue weighted by Gasteiger charge is -2.15. The molecule has 0 bridgehead atoms. The van der Waals surface area contributed by atoms with Gasteiger partial charge in [0.1, 0.15) is 5.82 Å². The Labute approximate surface area is 124 Å². The first-order chi connectivity index (χ1) is 9.96. The van der Waals surface area contributed by atoms with Gasteiger partial charge in [-0.3, -0.25) is 0 Å². The quantitative estimate of drug-likeness (QED) is 0.765. The van der Waals surface area contributed by atoms with E-state index in [1.807, 2.05) is 0 Å². The maximum atomic E-state index is 13.3. The summed E-state index contributed by atoms with van der Waals surface area (Å²) in [5, 5.41) is 12.8. The standard InChI is InChI=1S/C14H20FNO4S/c15-14-4-2-1-3-11(14)8-20-9-13(17)7-16-12-5-6-21(18,19)10-12/h1-4,12-13,16-17H,5-10H2. The van der Waals surface area contributed by atoms with Crippen LogP contribution in [0.15, 0.2) is 24.3 Å². The minimum atomic E-state index is -2.92. The van der Waals surface area contributed by atoms with Crippen LogP contribution in [0.2, 0.25) is 0 Å². The highest BCUT2D eigenvalue weighted by Gasteiger charge is 2.27. The molecule has 1 aromatic rings. The average molecular weight is 317 g/mol. The van der Waals surface area contributed by atoms with E-state index >= 15 is 0 Å². The molecule has 2 unspecified atom stereocenters. The predicted molar refractivity (Wildman–Crippen MR) is 77.1 cm³/mol. The van der Waals surface area contributed by atoms with Gasteiger partial charge >= 0.3 is 0 Å². The monoisotopic (exact) mass is 317 g/mol. The summed E-state index contributed by atoms with van der Waals surface area (Å²) in [7, 11) is -2.92. The molecule has 2 rings (SSSR count). The van der Waals surface area contributed by atoms with E-state index in [9.17, 15) is 17.9 Å². The Kier molecular flexibility index (Phi) is 5.69. The minimum absolute atomic E-state index is 0.0702. The first kappa shape index (κ1) is 16.4. The fourth-order valence-electron chi connectivity index (χ4n) is 2.24. The SMILES string of the molecule is O=S1(=O)CCC(NCC(O)COCc2ccccc2F)C1. The van der Waals surface area contributed by atoms with Gasteiger partial charge in [-0.05, 0) is 12.5 Å². The number of benzene rings is 1. The summed E-state index contributed by atoms with van der Waals surface area (Å²) in [6, 6.07) is 6.21. The molecule has 1 aliphatic heterocycles. The molecule has 1 saturated heterocycles. The van der Waals surface area contributed by atoms with Gasteiger partial charge < -0.3 is 15.2 Å². The van der Waals surface area contributed by atoms with Crippen molar-refractivity contribution in [2.24, 2.45) is 0 Å². The molecule has 1 heterocycles. The number of aliphatic hydroxyl groups excluding tert-OH is 1. The van der Waals surface area contributed by atoms with Crippen LogP contribution in [0.1, 0.15) is 12.0 Å². The van der Waals surface area contributed by atoms with Crippen LogP contribution in [0.5, 0.6) is 0 Å². The van der Waals surface area contributed by atoms with Gasteiger partial charge in [0.15, 0.2) is 9.84 Å². The van der Waals surface area contributed by atoms with Crippen molar-refractivity contribution in [3.8, 4) is 0 Å². The maximum Gasteiger partial charge on any atom is 0.151 e. The zero-order valence-corrected chi connectivity index (χ0v) is 12.5. The van der Waals surface area contributed by atoms with E-state index < -0.39 is 15.9 Å². The van der Waals surface area contributed by atoms with Crippen molar-refractivity contribution < 1.29 is 22.7 Å². The van der Waals surface area contributed by atoms with Crippen LogP contribution in [0.4, 0.5) is 4.39 Å². The topological polar surface area (TPSA) is 75.6 Å². The summed E-state index contributed by atoms with van der Waals surface area (Å²) >= 11 is 0. The van der Waals surface area contributed by atoms with Crippen LogP contribution in [0.3, 0.4) is 0 Å². The van der Waals surface area contributed by atoms with Gasteiger partial charge in [-0.15, -0.1) is 0 Å². The predicted octanol–water partition coefficient (Wildman–Crippen LogP) is 0.480. The summed E-state index contributed by atoms with van der Waals surface area (Å²) in [6.07, 6.45) is -0.175. The zero-order chi connectivity index (χ0) is 15.3. The number of aliphatic hydroxyl groups is 1. The zero-order valence-electron chi connectivity index (χ0n) is 11.7. The van der Waals surface area contributed by atoms with Crippen molar-refractivity contribution >= 4 is 9.84 Å². The molecule has 2 atom stereocenters. The second-order valence-corrected chi connectivity index (χ2v) is 7.50. The van der Waals surface area contributed by atoms with E-state index in [2.05, 4.69) is 5.32 Å². The first-order valence-electron chi connectivity index (χ1n) is 6.89. The summed E-state index contributed by atoms with van der Waals surface area (Å²) in [5.41, 5.74) is 0.444. The van der Waals surface area contributed by atoms with E-state index in [1.165, 1.54) is 6.07 Å². The number of sulfone groups is 1. The summed E-state index contributed by atoms with van der Waals surface area (Å²) < 4.78 is 41.2. The second-order valence-electron chi connectivity index (χ2n) is 5.27. The van der Waals surface area contributed by atoms with Crippen molar-refractivity contribution in [2.45, 2.75) is 25.2 Å². The molecule has 5 nitrogen and oxygen atoms in total. The maximum absolute atomic E-state index is 13.3. The summed E-state index contributed by atoms with van der Waals surface area (Å²) in [6.45, 7) is 0.430. The van der Waals surface area contributed by atoms with Gasteiger partial charge in [0, 0.05) is 18.2 Å². The van der Waals surface area contributed by atoms with Crippen molar-refractivity contribution in [1.29, 1.82) is 0 Å². The molecule has 2 N–H and O–H groups in total. The van der Waals surface area contributed by atoms with Gasteiger partial charge in [0.25, 0.3) is 0 Å². The lowest BCUT2D eigenvalue weighted by molar-refractivity contribution is 0.0269. The molecule has 1 aliphatic rings. The lowest BCUT2D eigenvalue weighted by Crippen LogP contribution is -2.38. The normalized spacial score (nSPS) is 22.3. The molecule has 0 saturated carbocycles. The third kappa shape index (κ3) is 5.35. The number of halogens is 1. The van der Waals surface area contributed by atoms with Crippen LogP contribution in [-0.4, -0.2) is 50.3 Å². The number of hydrogen-bond donors (Lipinski definition) is 2. The molecule has 1 fully saturated rings. The highest BCUT2D eigenvalue weighted by molar-refractivity contribution is 7.91. The minimum Gasteiger partial charge on any atom is -0.389 e. The smallest absolute Gasteiger partial charge is 0.151 e. The fourth-order valence-corrected chi connectivity index (χ4v) is 3.95. The third-order valence-corrected chi connectivity index (χ3v) is 5.17. The molecule has 21 heavy (non-hydrogen) atoms. The summed E-state index contributed by atoms with van der Waals surface area (Å²) in [4.78, 5) is 0. The Balaban J connectivity index is 1.64. The van der Waals surface area contributed by atoms with Crippen LogP contribution >= 0.6 is 0 Å². The molecule has 118 valence electrons. The van der Waals surface area contributed by atoms with E-state index in [4.69, 9.17) is 4.74 Å². The molecular formula is C14H20FNO4S. The average Bonchev–Trinajstić information content (AvgIpc) is 2.78. The van der Waals surface area contributed by atoms with E-state index in [0.29, 0.717) is 12.0 Å². The van der Waals surface area contributed by atoms with Crippen LogP contribution in [0.25, 0.3) is 0 Å². The fraction of sp³-hybridized carbons (Fsp3) is 0.571. The number of hydrogen-bond acceptors (Lipinski definition) is 5. The van der Waals surface area contributed by atoms with Gasteiger partial charge in [-0.2, -0.15) is 0 Å². The molecule has 1 aromatic carbocycles. The van der Waals surface area contributed by atoms with Crippen molar-refractivity contribution in [2.75, 3.05) is 24.7 Å². The number of nitrogens with one attached hydrogen (secondary N) is 1. The van der Waals surface area contributed by atoms with Crippen LogP contribution < -0.4 is 5.32 Å². The van der Waals surface area contributed by atoms with E-state index in [0.717, 1.165) is 0 Å². The van der Waals surface area contributed by atoms with Crippen LogP contribution in [0, 0.1) is 5.82 Å². The second kappa shape index (κ2) is 7.31. The Morgan fingerprint density at radius 1 is 1.43 bits per heavy atom. The van der Waals surface area contributed by atoms with E-state index in [-0.39, 0.29) is 43.1 Å². The van der Waals surface area contributed by atoms with Gasteiger partial charge in [-0.25, -0.2) is 12.8 Å². The highest BCUT2D eigenvalue weighted by atomic mass is 32.2. The van der Waals surface area contributed by atoms with Crippen molar-refractivity contribution in [1.82, 2.24) is 5.32 Å². The highest BCUT2D eigenvalue weighted by Crippen LogP contribution is 2.11. The summed E-state index contributed by atoms with van der Waals surface area (Å²) in [5.74, 6) is -0.0124. The molecule has 0 amide bonds. The first-order valence-corrected chi connectivity index (χ1v) is 8.71. The number of rotatable bonds is 7. The van der Waals surface area contributed by atoms with Crippen LogP contribution in [-0.2, 0) is 21.2 Å². The van der Waals surface area contributed by atoms with Crippen molar-refractivity contribution in [3.63, 3.8) is 0 Å². The van der Waals surface area contributed by atoms with Crippen molar-refractivity contribution in [3.05, 3.63) is 35.6 Å². The van der Waals surface area contributed by atoms with Gasteiger partial charge in [0.05, 0.1) is 30.8 Å². The Hall–Kier alpha value is -1.02. The molecule has 0 aromatic heterocycles. The molecule has 0 aliphatic carbocycles. The third-order valence-electron chi connectivity index (χ3n) is 3.40. The molecule has 0 spiro atoms. The lowest BCUT2D eigenvalue weighted by atomic mass is 10.2. The Bertz CT molecular complexity index is 564. The molecule has 0 radical (unpaired) electrons. The van der Waals surface area contributed by atoms with Gasteiger partial charge in [-0.1, -0.05) is 18.2 Å². The largest absolute Gasteiger partial charge is 0.389 e. The van der Waals surface area contributed by atoms with E-state index in [1.54, 1.807) is 18.2 Å². The van der Waals surface area contributed by atoms with Gasteiger partial charge in [0.2, 0.25) is 0 Å².